The van der Waals surface area contributed by atoms with E-state index in [-0.39, 0.29) is 0 Å². The van der Waals surface area contributed by atoms with Gasteiger partial charge in [0.1, 0.15) is 0 Å². The van der Waals surface area contributed by atoms with Gasteiger partial charge in [-0.3, -0.25) is 0 Å². The average molecular weight is 290 g/mol. The molecule has 4 unspecified atom stereocenters. The molecule has 110 valence electrons. The first kappa shape index (κ1) is 17.4. The molecule has 0 aliphatic heterocycles. The van der Waals surface area contributed by atoms with Crippen LogP contribution >= 0.6 is 0 Å². The molecule has 4 atom stereocenters. The summed E-state index contributed by atoms with van der Waals surface area (Å²) in [5, 5.41) is 8.87. The van der Waals surface area contributed by atoms with Crippen molar-refractivity contribution in [3.05, 3.63) is 0 Å². The highest BCUT2D eigenvalue weighted by Gasteiger charge is 2.50. The van der Waals surface area contributed by atoms with E-state index in [1.807, 2.05) is 0 Å². The van der Waals surface area contributed by atoms with E-state index in [0.29, 0.717) is 0 Å². The van der Waals surface area contributed by atoms with E-state index in [2.05, 4.69) is 4.74 Å². The molecular weight excluding hydrogens is 280 g/mol. The van der Waals surface area contributed by atoms with Gasteiger partial charge in [-0.25, -0.2) is 8.78 Å². The molecule has 0 rings (SSSR count). The van der Waals surface area contributed by atoms with Gasteiger partial charge in [-0.15, -0.1) is 0 Å². The minimum atomic E-state index is -5.51. The number of halogens is 8. The summed E-state index contributed by atoms with van der Waals surface area (Å²) in [6.45, 7) is 0.983. The van der Waals surface area contributed by atoms with E-state index in [1.165, 1.54) is 0 Å². The van der Waals surface area contributed by atoms with E-state index < -0.39 is 43.5 Å². The number of aliphatic hydroxyl groups excluding tert-OH is 1. The zero-order valence-electron chi connectivity index (χ0n) is 8.90. The van der Waals surface area contributed by atoms with Crippen LogP contribution in [0.3, 0.4) is 0 Å². The molecule has 18 heavy (non-hydrogen) atoms. The molecule has 1 N–H and O–H groups in total. The fraction of sp³-hybridized carbons (Fsp3) is 1.00. The molecule has 0 aliphatic rings. The minimum Gasteiger partial charge on any atom is -0.367 e. The molecule has 0 amide bonds. The van der Waals surface area contributed by atoms with Crippen molar-refractivity contribution >= 4 is 0 Å². The predicted octanol–water partition coefficient (Wildman–Crippen LogP) is 3.11. The van der Waals surface area contributed by atoms with Crippen LogP contribution in [-0.4, -0.2) is 36.3 Å². The fourth-order valence-electron chi connectivity index (χ4n) is 1.10. The Morgan fingerprint density at radius 2 is 1.44 bits per heavy atom. The van der Waals surface area contributed by atoms with Gasteiger partial charge in [0.25, 0.3) is 6.36 Å². The Labute approximate surface area is 96.5 Å². The van der Waals surface area contributed by atoms with Crippen LogP contribution in [0, 0.1) is 5.92 Å². The molecule has 0 spiro atoms. The second-order valence-electron chi connectivity index (χ2n) is 3.40. The third-order valence-corrected chi connectivity index (χ3v) is 2.04. The van der Waals surface area contributed by atoms with Crippen LogP contribution in [0.5, 0.6) is 0 Å². The second-order valence-corrected chi connectivity index (χ2v) is 3.40. The van der Waals surface area contributed by atoms with Gasteiger partial charge in [0.05, 0.1) is 5.92 Å². The number of ether oxygens (including phenoxy) is 1. The SMILES string of the molecule is CCC(C(O)OC(F)C(F)(F)F)C(F)C(F)(F)F. The van der Waals surface area contributed by atoms with Crippen molar-refractivity contribution in [3.8, 4) is 0 Å². The van der Waals surface area contributed by atoms with E-state index in [4.69, 9.17) is 5.11 Å². The van der Waals surface area contributed by atoms with Crippen molar-refractivity contribution in [1.82, 2.24) is 0 Å². The van der Waals surface area contributed by atoms with Crippen LogP contribution in [0.15, 0.2) is 0 Å². The Bertz CT molecular complexity index is 250. The van der Waals surface area contributed by atoms with Gasteiger partial charge in [0, 0.05) is 0 Å². The van der Waals surface area contributed by atoms with Crippen LogP contribution in [0.1, 0.15) is 13.3 Å². The van der Waals surface area contributed by atoms with Crippen LogP contribution < -0.4 is 0 Å². The predicted molar refractivity (Wildman–Crippen MR) is 42.8 cm³/mol. The zero-order valence-corrected chi connectivity index (χ0v) is 8.90. The highest BCUT2D eigenvalue weighted by Crippen LogP contribution is 2.34. The smallest absolute Gasteiger partial charge is 0.367 e. The number of aliphatic hydroxyl groups is 1. The zero-order chi connectivity index (χ0) is 14.7. The van der Waals surface area contributed by atoms with Crippen LogP contribution in [-0.2, 0) is 4.74 Å². The summed E-state index contributed by atoms with van der Waals surface area (Å²) in [5.41, 5.74) is 0. The maximum Gasteiger partial charge on any atom is 0.445 e. The Kier molecular flexibility index (Phi) is 5.79. The molecule has 0 bridgehead atoms. The van der Waals surface area contributed by atoms with Crippen LogP contribution in [0.2, 0.25) is 0 Å². The number of hydrogen-bond acceptors (Lipinski definition) is 2. The van der Waals surface area contributed by atoms with Gasteiger partial charge in [-0.1, -0.05) is 6.92 Å². The topological polar surface area (TPSA) is 29.5 Å². The maximum absolute atomic E-state index is 12.8. The molecule has 0 saturated heterocycles. The summed E-state index contributed by atoms with van der Waals surface area (Å²) in [5.74, 6) is -2.34. The first-order valence-corrected chi connectivity index (χ1v) is 4.66. The Hall–Kier alpha value is -0.640. The molecule has 0 aromatic rings. The largest absolute Gasteiger partial charge is 0.445 e. The van der Waals surface area contributed by atoms with Gasteiger partial charge in [-0.2, -0.15) is 26.3 Å². The van der Waals surface area contributed by atoms with Crippen molar-refractivity contribution in [2.24, 2.45) is 5.92 Å². The Morgan fingerprint density at radius 3 is 1.72 bits per heavy atom. The summed E-state index contributed by atoms with van der Waals surface area (Å²) in [4.78, 5) is 0. The van der Waals surface area contributed by atoms with Crippen molar-refractivity contribution in [2.45, 2.75) is 44.5 Å². The first-order valence-electron chi connectivity index (χ1n) is 4.66. The lowest BCUT2D eigenvalue weighted by Crippen LogP contribution is -2.42. The van der Waals surface area contributed by atoms with Gasteiger partial charge >= 0.3 is 12.4 Å². The van der Waals surface area contributed by atoms with E-state index in [1.54, 1.807) is 0 Å². The standard InChI is InChI=1S/C8H10F8O2/c1-2-3(4(9)7(11,12)13)5(17)18-6(10)8(14,15)16/h3-6,17H,2H2,1H3. The van der Waals surface area contributed by atoms with Gasteiger partial charge < -0.3 is 9.84 Å². The molecule has 0 aromatic heterocycles. The summed E-state index contributed by atoms with van der Waals surface area (Å²) in [6.07, 6.45) is -22.0. The van der Waals surface area contributed by atoms with E-state index in [9.17, 15) is 35.1 Å². The summed E-state index contributed by atoms with van der Waals surface area (Å²) >= 11 is 0. The second kappa shape index (κ2) is 6.00. The molecule has 0 aliphatic carbocycles. The van der Waals surface area contributed by atoms with Crippen molar-refractivity contribution < 1.29 is 45.0 Å². The molecule has 0 saturated carbocycles. The molecule has 2 nitrogen and oxygen atoms in total. The minimum absolute atomic E-state index is 0.688. The third-order valence-electron chi connectivity index (χ3n) is 2.04. The van der Waals surface area contributed by atoms with Crippen molar-refractivity contribution in [3.63, 3.8) is 0 Å². The Morgan fingerprint density at radius 1 is 1.00 bits per heavy atom. The monoisotopic (exact) mass is 290 g/mol. The average Bonchev–Trinajstić information content (AvgIpc) is 2.15. The molecule has 0 heterocycles. The molecule has 0 aromatic carbocycles. The summed E-state index contributed by atoms with van der Waals surface area (Å²) in [7, 11) is 0. The molecule has 0 radical (unpaired) electrons. The third kappa shape index (κ3) is 4.92. The summed E-state index contributed by atoms with van der Waals surface area (Å²) < 4.78 is 99.4. The number of alkyl halides is 8. The Balaban J connectivity index is 4.68. The summed E-state index contributed by atoms with van der Waals surface area (Å²) in [6, 6.07) is 0. The highest BCUT2D eigenvalue weighted by atomic mass is 19.4. The van der Waals surface area contributed by atoms with Crippen molar-refractivity contribution in [1.29, 1.82) is 0 Å². The van der Waals surface area contributed by atoms with E-state index in [0.717, 1.165) is 6.92 Å². The maximum atomic E-state index is 12.8. The van der Waals surface area contributed by atoms with Gasteiger partial charge in [0.15, 0.2) is 6.29 Å². The van der Waals surface area contributed by atoms with Crippen LogP contribution in [0.4, 0.5) is 35.1 Å². The lowest BCUT2D eigenvalue weighted by molar-refractivity contribution is -0.322. The van der Waals surface area contributed by atoms with Gasteiger partial charge in [0.2, 0.25) is 6.17 Å². The normalized spacial score (nSPS) is 20.3. The van der Waals surface area contributed by atoms with Gasteiger partial charge in [-0.05, 0) is 6.42 Å². The molecule has 0 fully saturated rings. The van der Waals surface area contributed by atoms with Crippen LogP contribution in [0.25, 0.3) is 0 Å². The molecule has 10 heteroatoms. The van der Waals surface area contributed by atoms with Crippen molar-refractivity contribution in [2.75, 3.05) is 0 Å². The lowest BCUT2D eigenvalue weighted by atomic mass is 9.99. The quantitative estimate of drug-likeness (QED) is 0.622. The highest BCUT2D eigenvalue weighted by molar-refractivity contribution is 4.77. The molecular formula is C8H10F8O2. The lowest BCUT2D eigenvalue weighted by Gasteiger charge is -2.27. The number of hydrogen-bond donors (Lipinski definition) is 1. The van der Waals surface area contributed by atoms with E-state index >= 15 is 0 Å². The first-order chi connectivity index (χ1) is 7.91. The fourth-order valence-corrected chi connectivity index (χ4v) is 1.10. The number of rotatable bonds is 5.